The van der Waals surface area contributed by atoms with Crippen molar-refractivity contribution in [1.29, 1.82) is 0 Å². The standard InChI is InChI=1S/C21H27N5O3/c1-5-29-21(28)26-10-8-25(9-11-26)20(27)18-13-19(23-16(4)22-18)24-17-7-6-14(2)12-15(17)3/h6-7,12-13H,5,8-11H2,1-4H3,(H,22,23,24). The highest BCUT2D eigenvalue weighted by molar-refractivity contribution is 5.93. The number of carbonyl (C=O) groups excluding carboxylic acids is 2. The van der Waals surface area contributed by atoms with Gasteiger partial charge in [0.1, 0.15) is 17.3 Å². The quantitative estimate of drug-likeness (QED) is 0.853. The molecule has 0 unspecified atom stereocenters. The molecule has 0 saturated carbocycles. The fourth-order valence-electron chi connectivity index (χ4n) is 3.30. The highest BCUT2D eigenvalue weighted by Gasteiger charge is 2.26. The summed E-state index contributed by atoms with van der Waals surface area (Å²) in [4.78, 5) is 36.8. The van der Waals surface area contributed by atoms with Crippen LogP contribution >= 0.6 is 0 Å². The Labute approximate surface area is 170 Å². The van der Waals surface area contributed by atoms with Crippen molar-refractivity contribution in [1.82, 2.24) is 19.8 Å². The molecule has 1 aliphatic rings. The van der Waals surface area contributed by atoms with Crippen molar-refractivity contribution in [3.63, 3.8) is 0 Å². The van der Waals surface area contributed by atoms with Crippen molar-refractivity contribution in [2.24, 2.45) is 0 Å². The largest absolute Gasteiger partial charge is 0.450 e. The molecule has 2 aromatic rings. The second-order valence-corrected chi connectivity index (χ2v) is 7.11. The lowest BCUT2D eigenvalue weighted by molar-refractivity contribution is 0.0565. The van der Waals surface area contributed by atoms with E-state index in [2.05, 4.69) is 21.4 Å². The fraction of sp³-hybridized carbons (Fsp3) is 0.429. The van der Waals surface area contributed by atoms with Gasteiger partial charge in [-0.2, -0.15) is 0 Å². The van der Waals surface area contributed by atoms with Gasteiger partial charge in [0.2, 0.25) is 0 Å². The molecule has 1 fully saturated rings. The monoisotopic (exact) mass is 397 g/mol. The maximum atomic E-state index is 12.9. The average Bonchev–Trinajstić information content (AvgIpc) is 2.69. The van der Waals surface area contributed by atoms with Crippen LogP contribution in [0, 0.1) is 20.8 Å². The number of nitrogens with zero attached hydrogens (tertiary/aromatic N) is 4. The highest BCUT2D eigenvalue weighted by Crippen LogP contribution is 2.21. The van der Waals surface area contributed by atoms with E-state index in [9.17, 15) is 9.59 Å². The molecule has 8 heteroatoms. The Kier molecular flexibility index (Phi) is 6.31. The summed E-state index contributed by atoms with van der Waals surface area (Å²) in [6, 6.07) is 7.79. The van der Waals surface area contributed by atoms with Gasteiger partial charge in [-0.25, -0.2) is 14.8 Å². The first-order valence-electron chi connectivity index (χ1n) is 9.78. The van der Waals surface area contributed by atoms with E-state index in [1.807, 2.05) is 26.0 Å². The van der Waals surface area contributed by atoms with Gasteiger partial charge >= 0.3 is 6.09 Å². The second-order valence-electron chi connectivity index (χ2n) is 7.11. The third-order valence-electron chi connectivity index (χ3n) is 4.79. The van der Waals surface area contributed by atoms with Crippen molar-refractivity contribution in [3.05, 3.63) is 46.9 Å². The number of hydrogen-bond acceptors (Lipinski definition) is 6. The summed E-state index contributed by atoms with van der Waals surface area (Å²) in [6.45, 7) is 9.74. The number of benzene rings is 1. The summed E-state index contributed by atoms with van der Waals surface area (Å²) in [5, 5.41) is 3.28. The van der Waals surface area contributed by atoms with E-state index < -0.39 is 0 Å². The minimum Gasteiger partial charge on any atom is -0.450 e. The molecule has 154 valence electrons. The van der Waals surface area contributed by atoms with Gasteiger partial charge in [-0.05, 0) is 39.3 Å². The van der Waals surface area contributed by atoms with E-state index in [1.165, 1.54) is 5.56 Å². The molecule has 1 saturated heterocycles. The number of aromatic nitrogens is 2. The third-order valence-corrected chi connectivity index (χ3v) is 4.79. The van der Waals surface area contributed by atoms with Gasteiger partial charge in [0.05, 0.1) is 6.61 Å². The Morgan fingerprint density at radius 1 is 1.03 bits per heavy atom. The number of carbonyl (C=O) groups is 2. The summed E-state index contributed by atoms with van der Waals surface area (Å²) in [7, 11) is 0. The molecule has 0 bridgehead atoms. The van der Waals surface area contributed by atoms with Crippen LogP contribution in [0.25, 0.3) is 0 Å². The first kappa shape index (κ1) is 20.6. The minimum absolute atomic E-state index is 0.164. The Bertz CT molecular complexity index is 907. The molecule has 1 N–H and O–H groups in total. The van der Waals surface area contributed by atoms with Gasteiger partial charge in [0.15, 0.2) is 0 Å². The predicted molar refractivity (Wildman–Crippen MR) is 110 cm³/mol. The molecule has 0 aliphatic carbocycles. The maximum Gasteiger partial charge on any atom is 0.409 e. The Morgan fingerprint density at radius 3 is 2.38 bits per heavy atom. The maximum absolute atomic E-state index is 12.9. The van der Waals surface area contributed by atoms with Crippen molar-refractivity contribution in [3.8, 4) is 0 Å². The molecule has 0 spiro atoms. The number of aryl methyl sites for hydroxylation is 3. The molecule has 3 rings (SSSR count). The van der Waals surface area contributed by atoms with Gasteiger partial charge in [-0.3, -0.25) is 4.79 Å². The van der Waals surface area contributed by atoms with Crippen molar-refractivity contribution in [2.75, 3.05) is 38.1 Å². The van der Waals surface area contributed by atoms with Gasteiger partial charge in [-0.1, -0.05) is 17.7 Å². The average molecular weight is 397 g/mol. The Balaban J connectivity index is 1.71. The zero-order chi connectivity index (χ0) is 21.0. The van der Waals surface area contributed by atoms with Gasteiger partial charge < -0.3 is 19.9 Å². The molecule has 1 aromatic heterocycles. The van der Waals surface area contributed by atoms with Crippen LogP contribution in [0.5, 0.6) is 0 Å². The summed E-state index contributed by atoms with van der Waals surface area (Å²) in [6.07, 6.45) is -0.336. The van der Waals surface area contributed by atoms with Gasteiger partial charge in [0.25, 0.3) is 5.91 Å². The van der Waals surface area contributed by atoms with Crippen molar-refractivity contribution in [2.45, 2.75) is 27.7 Å². The number of ether oxygens (including phenoxy) is 1. The molecule has 1 aromatic carbocycles. The number of rotatable bonds is 4. The summed E-state index contributed by atoms with van der Waals surface area (Å²) >= 11 is 0. The van der Waals surface area contributed by atoms with E-state index in [-0.39, 0.29) is 12.0 Å². The van der Waals surface area contributed by atoms with Crippen LogP contribution < -0.4 is 5.32 Å². The number of hydrogen-bond donors (Lipinski definition) is 1. The lowest BCUT2D eigenvalue weighted by atomic mass is 10.1. The molecule has 8 nitrogen and oxygen atoms in total. The summed E-state index contributed by atoms with van der Waals surface area (Å²) < 4.78 is 5.02. The SMILES string of the molecule is CCOC(=O)N1CCN(C(=O)c2cc(Nc3ccc(C)cc3C)nc(C)n2)CC1. The van der Waals surface area contributed by atoms with Crippen molar-refractivity contribution >= 4 is 23.5 Å². The third kappa shape index (κ3) is 5.01. The topological polar surface area (TPSA) is 87.7 Å². The molecule has 0 radical (unpaired) electrons. The molecule has 2 amide bonds. The van der Waals surface area contributed by atoms with E-state index >= 15 is 0 Å². The summed E-state index contributed by atoms with van der Waals surface area (Å²) in [5.41, 5.74) is 3.57. The van der Waals surface area contributed by atoms with E-state index in [0.717, 1.165) is 11.3 Å². The lowest BCUT2D eigenvalue weighted by Crippen LogP contribution is -2.50. The molecule has 1 aliphatic heterocycles. The van der Waals surface area contributed by atoms with E-state index in [0.29, 0.717) is 50.1 Å². The zero-order valence-electron chi connectivity index (χ0n) is 17.4. The van der Waals surface area contributed by atoms with Crippen LogP contribution in [-0.4, -0.2) is 64.6 Å². The molecule has 0 atom stereocenters. The first-order chi connectivity index (χ1) is 13.9. The smallest absolute Gasteiger partial charge is 0.409 e. The molecule has 29 heavy (non-hydrogen) atoms. The highest BCUT2D eigenvalue weighted by atomic mass is 16.6. The second kappa shape index (κ2) is 8.89. The van der Waals surface area contributed by atoms with Gasteiger partial charge in [-0.15, -0.1) is 0 Å². The minimum atomic E-state index is -0.336. The Morgan fingerprint density at radius 2 is 1.72 bits per heavy atom. The van der Waals surface area contributed by atoms with Gasteiger partial charge in [0, 0.05) is 37.9 Å². The number of amides is 2. The summed E-state index contributed by atoms with van der Waals surface area (Å²) in [5.74, 6) is 0.939. The van der Waals surface area contributed by atoms with Crippen molar-refractivity contribution < 1.29 is 14.3 Å². The molecular weight excluding hydrogens is 370 g/mol. The van der Waals surface area contributed by atoms with Crippen LogP contribution in [0.2, 0.25) is 0 Å². The number of piperazine rings is 1. The number of anilines is 2. The van der Waals surface area contributed by atoms with E-state index in [4.69, 9.17) is 4.74 Å². The predicted octanol–water partition coefficient (Wildman–Crippen LogP) is 3.06. The van der Waals surface area contributed by atoms with Crippen LogP contribution in [0.1, 0.15) is 34.4 Å². The van der Waals surface area contributed by atoms with Crippen LogP contribution in [-0.2, 0) is 4.74 Å². The first-order valence-corrected chi connectivity index (χ1v) is 9.78. The number of nitrogens with one attached hydrogen (secondary N) is 1. The molecule has 2 heterocycles. The van der Waals surface area contributed by atoms with Crippen LogP contribution in [0.3, 0.4) is 0 Å². The Hall–Kier alpha value is -3.16. The molecular formula is C21H27N5O3. The van der Waals surface area contributed by atoms with Crippen LogP contribution in [0.4, 0.5) is 16.3 Å². The normalized spacial score (nSPS) is 13.9. The zero-order valence-corrected chi connectivity index (χ0v) is 17.4. The fourth-order valence-corrected chi connectivity index (χ4v) is 3.30. The van der Waals surface area contributed by atoms with E-state index in [1.54, 1.807) is 29.7 Å². The lowest BCUT2D eigenvalue weighted by Gasteiger charge is -2.33. The van der Waals surface area contributed by atoms with Crippen LogP contribution in [0.15, 0.2) is 24.3 Å².